The summed E-state index contributed by atoms with van der Waals surface area (Å²) in [6, 6.07) is 21.8. The normalized spacial score (nSPS) is 16.6. The SMILES string of the molecule is COc1ccc2cc(C3=CCN(C(=O)Oc4ccccc4)C(C)C3)ccc2c1. The van der Waals surface area contributed by atoms with Crippen molar-refractivity contribution in [3.63, 3.8) is 0 Å². The van der Waals surface area contributed by atoms with Crippen LogP contribution in [0.2, 0.25) is 0 Å². The summed E-state index contributed by atoms with van der Waals surface area (Å²) in [4.78, 5) is 14.3. The van der Waals surface area contributed by atoms with Gasteiger partial charge in [0.05, 0.1) is 7.11 Å². The molecule has 0 saturated heterocycles. The molecule has 1 aliphatic rings. The van der Waals surface area contributed by atoms with Crippen molar-refractivity contribution >= 4 is 22.4 Å². The quantitative estimate of drug-likeness (QED) is 0.606. The number of carbonyl (C=O) groups is 1. The largest absolute Gasteiger partial charge is 0.497 e. The van der Waals surface area contributed by atoms with Crippen molar-refractivity contribution in [2.24, 2.45) is 0 Å². The predicted molar refractivity (Wildman–Crippen MR) is 112 cm³/mol. The summed E-state index contributed by atoms with van der Waals surface area (Å²) in [5.74, 6) is 1.43. The van der Waals surface area contributed by atoms with E-state index in [4.69, 9.17) is 9.47 Å². The Balaban J connectivity index is 1.51. The number of methoxy groups -OCH3 is 1. The highest BCUT2D eigenvalue weighted by molar-refractivity contribution is 5.88. The van der Waals surface area contributed by atoms with Gasteiger partial charge < -0.3 is 14.4 Å². The Kier molecular flexibility index (Phi) is 5.02. The van der Waals surface area contributed by atoms with Crippen LogP contribution in [0.1, 0.15) is 18.9 Å². The summed E-state index contributed by atoms with van der Waals surface area (Å²) in [6.45, 7) is 2.61. The Morgan fingerprint density at radius 1 is 0.964 bits per heavy atom. The third kappa shape index (κ3) is 3.72. The number of carbonyl (C=O) groups excluding carboxylic acids is 1. The predicted octanol–water partition coefficient (Wildman–Crippen LogP) is 5.53. The van der Waals surface area contributed by atoms with E-state index in [1.807, 2.05) is 30.3 Å². The molecule has 1 amide bonds. The molecule has 3 aromatic carbocycles. The molecule has 0 fully saturated rings. The number of benzene rings is 3. The Morgan fingerprint density at radius 3 is 2.46 bits per heavy atom. The third-order valence-electron chi connectivity index (χ3n) is 5.18. The average molecular weight is 373 g/mol. The lowest BCUT2D eigenvalue weighted by molar-refractivity contribution is 0.140. The summed E-state index contributed by atoms with van der Waals surface area (Å²) >= 11 is 0. The molecule has 0 aliphatic carbocycles. The number of rotatable bonds is 3. The minimum Gasteiger partial charge on any atom is -0.497 e. The van der Waals surface area contributed by atoms with Gasteiger partial charge >= 0.3 is 6.09 Å². The highest BCUT2D eigenvalue weighted by Gasteiger charge is 2.26. The molecule has 4 nitrogen and oxygen atoms in total. The van der Waals surface area contributed by atoms with E-state index < -0.39 is 0 Å². The Hall–Kier alpha value is -3.27. The van der Waals surface area contributed by atoms with Crippen LogP contribution in [0.15, 0.2) is 72.8 Å². The Morgan fingerprint density at radius 2 is 1.71 bits per heavy atom. The maximum Gasteiger partial charge on any atom is 0.415 e. The van der Waals surface area contributed by atoms with E-state index in [2.05, 4.69) is 37.3 Å². The van der Waals surface area contributed by atoms with Crippen LogP contribution in [0.5, 0.6) is 11.5 Å². The first-order valence-corrected chi connectivity index (χ1v) is 9.45. The van der Waals surface area contributed by atoms with Crippen molar-refractivity contribution < 1.29 is 14.3 Å². The molecule has 0 aromatic heterocycles. The Labute approximate surface area is 165 Å². The molecule has 0 radical (unpaired) electrons. The molecule has 0 bridgehead atoms. The molecule has 28 heavy (non-hydrogen) atoms. The molecule has 4 heteroatoms. The molecule has 0 N–H and O–H groups in total. The van der Waals surface area contributed by atoms with Crippen molar-refractivity contribution in [3.05, 3.63) is 78.4 Å². The van der Waals surface area contributed by atoms with Gasteiger partial charge in [0.15, 0.2) is 0 Å². The molecule has 142 valence electrons. The molecule has 1 atom stereocenters. The average Bonchev–Trinajstić information content (AvgIpc) is 2.73. The second kappa shape index (κ2) is 7.77. The second-order valence-corrected chi connectivity index (χ2v) is 7.04. The minimum atomic E-state index is -0.306. The highest BCUT2D eigenvalue weighted by Crippen LogP contribution is 2.30. The fourth-order valence-electron chi connectivity index (χ4n) is 3.59. The van der Waals surface area contributed by atoms with Gasteiger partial charge in [-0.1, -0.05) is 42.5 Å². The summed E-state index contributed by atoms with van der Waals surface area (Å²) in [5, 5.41) is 2.33. The van der Waals surface area contributed by atoms with Crippen molar-refractivity contribution in [2.45, 2.75) is 19.4 Å². The number of amides is 1. The summed E-state index contributed by atoms with van der Waals surface area (Å²) in [6.07, 6.45) is 2.61. The van der Waals surface area contributed by atoms with E-state index in [0.717, 1.165) is 17.6 Å². The van der Waals surface area contributed by atoms with Gasteiger partial charge in [-0.3, -0.25) is 0 Å². The zero-order chi connectivity index (χ0) is 19.5. The van der Waals surface area contributed by atoms with Crippen LogP contribution in [0.4, 0.5) is 4.79 Å². The van der Waals surface area contributed by atoms with Gasteiger partial charge in [0, 0.05) is 12.6 Å². The maximum absolute atomic E-state index is 12.5. The van der Waals surface area contributed by atoms with Gasteiger partial charge in [0.1, 0.15) is 11.5 Å². The molecule has 1 unspecified atom stereocenters. The van der Waals surface area contributed by atoms with Crippen LogP contribution in [0.25, 0.3) is 16.3 Å². The number of ether oxygens (including phenoxy) is 2. The lowest BCUT2D eigenvalue weighted by Gasteiger charge is -2.32. The highest BCUT2D eigenvalue weighted by atomic mass is 16.6. The third-order valence-corrected chi connectivity index (χ3v) is 5.18. The van der Waals surface area contributed by atoms with E-state index >= 15 is 0 Å². The smallest absolute Gasteiger partial charge is 0.415 e. The summed E-state index contributed by atoms with van der Waals surface area (Å²) in [5.41, 5.74) is 2.45. The molecule has 0 saturated carbocycles. The van der Waals surface area contributed by atoms with Crippen LogP contribution in [-0.2, 0) is 0 Å². The molecule has 0 spiro atoms. The number of hydrogen-bond donors (Lipinski definition) is 0. The van der Waals surface area contributed by atoms with Crippen LogP contribution >= 0.6 is 0 Å². The molecular weight excluding hydrogens is 350 g/mol. The van der Waals surface area contributed by atoms with Gasteiger partial charge in [-0.15, -0.1) is 0 Å². The van der Waals surface area contributed by atoms with Gasteiger partial charge in [-0.05, 0) is 65.6 Å². The first kappa shape index (κ1) is 18.1. The topological polar surface area (TPSA) is 38.8 Å². The summed E-state index contributed by atoms with van der Waals surface area (Å²) < 4.78 is 10.8. The van der Waals surface area contributed by atoms with Crippen LogP contribution in [-0.4, -0.2) is 30.7 Å². The van der Waals surface area contributed by atoms with E-state index in [-0.39, 0.29) is 12.1 Å². The first-order valence-electron chi connectivity index (χ1n) is 9.45. The molecule has 4 rings (SSSR count). The van der Waals surface area contributed by atoms with E-state index in [9.17, 15) is 4.79 Å². The van der Waals surface area contributed by atoms with Crippen molar-refractivity contribution in [2.75, 3.05) is 13.7 Å². The number of nitrogens with zero attached hydrogens (tertiary/aromatic N) is 1. The second-order valence-electron chi connectivity index (χ2n) is 7.04. The molecule has 1 heterocycles. The number of fused-ring (bicyclic) bond motifs is 1. The molecule has 3 aromatic rings. The summed E-state index contributed by atoms with van der Waals surface area (Å²) in [7, 11) is 1.68. The lowest BCUT2D eigenvalue weighted by Crippen LogP contribution is -2.42. The fraction of sp³-hybridized carbons (Fsp3) is 0.208. The van der Waals surface area contributed by atoms with Gasteiger partial charge in [0.25, 0.3) is 0 Å². The maximum atomic E-state index is 12.5. The first-order chi connectivity index (χ1) is 13.6. The van der Waals surface area contributed by atoms with Crippen molar-refractivity contribution in [1.29, 1.82) is 0 Å². The van der Waals surface area contributed by atoms with Crippen molar-refractivity contribution in [1.82, 2.24) is 4.90 Å². The lowest BCUT2D eigenvalue weighted by atomic mass is 9.93. The van der Waals surface area contributed by atoms with Crippen molar-refractivity contribution in [3.8, 4) is 11.5 Å². The molecular formula is C24H23NO3. The number of hydrogen-bond acceptors (Lipinski definition) is 3. The van der Waals surface area contributed by atoms with Crippen LogP contribution in [0.3, 0.4) is 0 Å². The van der Waals surface area contributed by atoms with Gasteiger partial charge in [0.2, 0.25) is 0 Å². The minimum absolute atomic E-state index is 0.0720. The van der Waals surface area contributed by atoms with Gasteiger partial charge in [-0.25, -0.2) is 4.79 Å². The van der Waals surface area contributed by atoms with E-state index in [1.54, 1.807) is 24.1 Å². The standard InChI is InChI=1S/C24H23NO3/c1-17-14-21(12-13-25(17)24(26)28-22-6-4-3-5-7-22)18-8-9-20-16-23(27-2)11-10-19(20)15-18/h3-12,15-17H,13-14H2,1-2H3. The monoisotopic (exact) mass is 373 g/mol. The van der Waals surface area contributed by atoms with Crippen LogP contribution < -0.4 is 9.47 Å². The zero-order valence-corrected chi connectivity index (χ0v) is 16.1. The number of para-hydroxylation sites is 1. The molecule has 1 aliphatic heterocycles. The van der Waals surface area contributed by atoms with E-state index in [0.29, 0.717) is 12.3 Å². The van der Waals surface area contributed by atoms with Gasteiger partial charge in [-0.2, -0.15) is 0 Å². The van der Waals surface area contributed by atoms with Crippen LogP contribution in [0, 0.1) is 0 Å². The van der Waals surface area contributed by atoms with E-state index in [1.165, 1.54) is 16.5 Å². The Bertz CT molecular complexity index is 1030. The fourth-order valence-corrected chi connectivity index (χ4v) is 3.59. The zero-order valence-electron chi connectivity index (χ0n) is 16.1.